The van der Waals surface area contributed by atoms with E-state index in [4.69, 9.17) is 24.1 Å². The summed E-state index contributed by atoms with van der Waals surface area (Å²) in [5.41, 5.74) is 0.374. The highest BCUT2D eigenvalue weighted by molar-refractivity contribution is 5.90. The van der Waals surface area contributed by atoms with E-state index in [-0.39, 0.29) is 13.2 Å². The third-order valence-corrected chi connectivity index (χ3v) is 2.35. The number of methoxy groups -OCH3 is 1. The number of rotatable bonds is 9. The fourth-order valence-corrected chi connectivity index (χ4v) is 1.47. The van der Waals surface area contributed by atoms with Gasteiger partial charge in [0.15, 0.2) is 11.5 Å². The van der Waals surface area contributed by atoms with Gasteiger partial charge in [-0.2, -0.15) is 0 Å². The maximum absolute atomic E-state index is 11.7. The minimum absolute atomic E-state index is 0.118. The van der Waals surface area contributed by atoms with Crippen molar-refractivity contribution in [2.45, 2.75) is 6.92 Å². The Morgan fingerprint density at radius 1 is 1.15 bits per heavy atom. The number of hydrogen-bond acceptors (Lipinski definition) is 6. The Balaban J connectivity index is 2.84. The fourth-order valence-electron chi connectivity index (χ4n) is 1.47. The van der Waals surface area contributed by atoms with Crippen LogP contribution in [0, 0.1) is 0 Å². The molecule has 1 aromatic rings. The van der Waals surface area contributed by atoms with Crippen LogP contribution in [0.25, 0.3) is 0 Å². The Labute approximate surface area is 118 Å². The number of carbonyl (C=O) groups excluding carboxylic acids is 1. The fraction of sp³-hybridized carbons (Fsp3) is 0.500. The minimum atomic E-state index is -0.426. The van der Waals surface area contributed by atoms with Crippen molar-refractivity contribution in [3.8, 4) is 11.5 Å². The summed E-state index contributed by atoms with van der Waals surface area (Å²) in [5.74, 6) is 0.453. The molecule has 20 heavy (non-hydrogen) atoms. The molecular formula is C14H20O6. The largest absolute Gasteiger partial charge is 0.487 e. The molecule has 0 unspecified atom stereocenters. The lowest BCUT2D eigenvalue weighted by atomic mass is 10.2. The van der Waals surface area contributed by atoms with Crippen molar-refractivity contribution >= 4 is 5.97 Å². The number of aliphatic hydroxyl groups excluding tert-OH is 1. The van der Waals surface area contributed by atoms with E-state index in [1.165, 1.54) is 6.07 Å². The van der Waals surface area contributed by atoms with E-state index in [9.17, 15) is 4.79 Å². The molecule has 1 rings (SSSR count). The molecule has 0 aliphatic heterocycles. The van der Waals surface area contributed by atoms with Gasteiger partial charge in [0, 0.05) is 7.11 Å². The molecule has 6 nitrogen and oxygen atoms in total. The zero-order valence-corrected chi connectivity index (χ0v) is 11.8. The van der Waals surface area contributed by atoms with Crippen LogP contribution < -0.4 is 9.47 Å². The maximum Gasteiger partial charge on any atom is 0.338 e. The predicted molar refractivity (Wildman–Crippen MR) is 72.4 cm³/mol. The molecular weight excluding hydrogens is 264 g/mol. The molecule has 112 valence electrons. The molecule has 0 saturated carbocycles. The van der Waals surface area contributed by atoms with Gasteiger partial charge in [0.1, 0.15) is 13.2 Å². The molecule has 1 aromatic carbocycles. The second-order valence-electron chi connectivity index (χ2n) is 3.80. The molecule has 1 N–H and O–H groups in total. The Morgan fingerprint density at radius 3 is 2.55 bits per heavy atom. The SMILES string of the molecule is CCOC(=O)c1ccc(OCCOC)c(OCCO)c1. The van der Waals surface area contributed by atoms with Gasteiger partial charge in [-0.05, 0) is 25.1 Å². The molecule has 0 spiro atoms. The quantitative estimate of drug-likeness (QED) is 0.543. The standard InChI is InChI=1S/C14H20O6/c1-3-18-14(16)11-4-5-12(20-9-8-17-2)13(10-11)19-7-6-15/h4-5,10,15H,3,6-9H2,1-2H3. The van der Waals surface area contributed by atoms with Gasteiger partial charge in [0.05, 0.1) is 25.4 Å². The Morgan fingerprint density at radius 2 is 1.90 bits per heavy atom. The van der Waals surface area contributed by atoms with Crippen LogP contribution >= 0.6 is 0 Å². The lowest BCUT2D eigenvalue weighted by Crippen LogP contribution is -2.09. The highest BCUT2D eigenvalue weighted by Crippen LogP contribution is 2.28. The Hall–Kier alpha value is -1.79. The average Bonchev–Trinajstić information content (AvgIpc) is 2.46. The van der Waals surface area contributed by atoms with Crippen LogP contribution in [-0.4, -0.2) is 51.2 Å². The smallest absolute Gasteiger partial charge is 0.338 e. The van der Waals surface area contributed by atoms with Crippen LogP contribution in [-0.2, 0) is 9.47 Å². The third-order valence-electron chi connectivity index (χ3n) is 2.35. The topological polar surface area (TPSA) is 74.2 Å². The van der Waals surface area contributed by atoms with Crippen LogP contribution in [0.5, 0.6) is 11.5 Å². The summed E-state index contributed by atoms with van der Waals surface area (Å²) in [7, 11) is 1.58. The lowest BCUT2D eigenvalue weighted by molar-refractivity contribution is 0.0525. The van der Waals surface area contributed by atoms with E-state index in [1.54, 1.807) is 26.2 Å². The molecule has 0 radical (unpaired) electrons. The third kappa shape index (κ3) is 5.07. The van der Waals surface area contributed by atoms with Gasteiger partial charge in [-0.1, -0.05) is 0 Å². The van der Waals surface area contributed by atoms with Crippen molar-refractivity contribution < 1.29 is 28.8 Å². The zero-order valence-electron chi connectivity index (χ0n) is 11.8. The van der Waals surface area contributed by atoms with E-state index in [0.29, 0.717) is 36.9 Å². The lowest BCUT2D eigenvalue weighted by Gasteiger charge is -2.13. The summed E-state index contributed by atoms with van der Waals surface area (Å²) < 4.78 is 20.7. The van der Waals surface area contributed by atoms with Crippen molar-refractivity contribution in [1.29, 1.82) is 0 Å². The number of carbonyl (C=O) groups is 1. The van der Waals surface area contributed by atoms with Crippen molar-refractivity contribution in [3.63, 3.8) is 0 Å². The van der Waals surface area contributed by atoms with Gasteiger partial charge in [-0.3, -0.25) is 0 Å². The molecule has 0 fully saturated rings. The number of esters is 1. The molecule has 6 heteroatoms. The van der Waals surface area contributed by atoms with Crippen LogP contribution in [0.1, 0.15) is 17.3 Å². The van der Waals surface area contributed by atoms with Gasteiger partial charge in [-0.25, -0.2) is 4.79 Å². The normalized spacial score (nSPS) is 10.2. The van der Waals surface area contributed by atoms with Crippen molar-refractivity contribution in [2.75, 3.05) is 40.1 Å². The second-order valence-corrected chi connectivity index (χ2v) is 3.80. The second kappa shape index (κ2) is 9.17. The summed E-state index contributed by atoms with van der Waals surface area (Å²) in [6.45, 7) is 2.85. The maximum atomic E-state index is 11.7. The molecule has 0 atom stereocenters. The molecule has 0 aromatic heterocycles. The predicted octanol–water partition coefficient (Wildman–Crippen LogP) is 1.26. The van der Waals surface area contributed by atoms with Crippen LogP contribution in [0.3, 0.4) is 0 Å². The van der Waals surface area contributed by atoms with Gasteiger partial charge < -0.3 is 24.1 Å². The summed E-state index contributed by atoms with van der Waals surface area (Å²) in [4.78, 5) is 11.7. The number of aliphatic hydroxyl groups is 1. The van der Waals surface area contributed by atoms with Crippen molar-refractivity contribution in [2.24, 2.45) is 0 Å². The van der Waals surface area contributed by atoms with E-state index >= 15 is 0 Å². The average molecular weight is 284 g/mol. The summed E-state index contributed by atoms with van der Waals surface area (Å²) >= 11 is 0. The van der Waals surface area contributed by atoms with Gasteiger partial charge in [0.2, 0.25) is 0 Å². The van der Waals surface area contributed by atoms with Crippen LogP contribution in [0.2, 0.25) is 0 Å². The number of hydrogen-bond donors (Lipinski definition) is 1. The Kier molecular flexibility index (Phi) is 7.46. The molecule has 0 aliphatic rings. The molecule has 0 amide bonds. The first-order valence-corrected chi connectivity index (χ1v) is 6.39. The number of ether oxygens (including phenoxy) is 4. The first-order chi connectivity index (χ1) is 9.72. The van der Waals surface area contributed by atoms with E-state index in [0.717, 1.165) is 0 Å². The van der Waals surface area contributed by atoms with Gasteiger partial charge in [-0.15, -0.1) is 0 Å². The van der Waals surface area contributed by atoms with E-state index in [1.807, 2.05) is 0 Å². The summed E-state index contributed by atoms with van der Waals surface area (Å²) in [6.07, 6.45) is 0. The highest BCUT2D eigenvalue weighted by Gasteiger charge is 2.12. The summed E-state index contributed by atoms with van der Waals surface area (Å²) in [5, 5.41) is 8.82. The van der Waals surface area contributed by atoms with Crippen molar-refractivity contribution in [3.05, 3.63) is 23.8 Å². The molecule has 0 aliphatic carbocycles. The number of benzene rings is 1. The summed E-state index contributed by atoms with van der Waals surface area (Å²) in [6, 6.07) is 4.77. The van der Waals surface area contributed by atoms with Crippen LogP contribution in [0.15, 0.2) is 18.2 Å². The Bertz CT molecular complexity index is 418. The molecule has 0 saturated heterocycles. The highest BCUT2D eigenvalue weighted by atomic mass is 16.5. The molecule has 0 heterocycles. The van der Waals surface area contributed by atoms with Crippen LogP contribution in [0.4, 0.5) is 0 Å². The minimum Gasteiger partial charge on any atom is -0.487 e. The van der Waals surface area contributed by atoms with E-state index in [2.05, 4.69) is 0 Å². The zero-order chi connectivity index (χ0) is 14.8. The van der Waals surface area contributed by atoms with Gasteiger partial charge >= 0.3 is 5.97 Å². The van der Waals surface area contributed by atoms with Crippen molar-refractivity contribution in [1.82, 2.24) is 0 Å². The monoisotopic (exact) mass is 284 g/mol. The molecule has 0 bridgehead atoms. The van der Waals surface area contributed by atoms with E-state index < -0.39 is 5.97 Å². The first-order valence-electron chi connectivity index (χ1n) is 6.39. The van der Waals surface area contributed by atoms with Gasteiger partial charge in [0.25, 0.3) is 0 Å². The first kappa shape index (κ1) is 16.3.